The predicted molar refractivity (Wildman–Crippen MR) is 78.7 cm³/mol. The molecule has 1 heterocycles. The van der Waals surface area contributed by atoms with Gasteiger partial charge in [-0.15, -0.1) is 0 Å². The van der Waals surface area contributed by atoms with E-state index in [1.54, 1.807) is 0 Å². The molecule has 1 N–H and O–H groups in total. The fourth-order valence-corrected chi connectivity index (χ4v) is 3.92. The third kappa shape index (κ3) is 3.37. The largest absolute Gasteiger partial charge is 0.381 e. The van der Waals surface area contributed by atoms with Gasteiger partial charge in [0.05, 0.1) is 15.7 Å². The van der Waals surface area contributed by atoms with Crippen molar-refractivity contribution in [2.45, 2.75) is 18.9 Å². The summed E-state index contributed by atoms with van der Waals surface area (Å²) in [5.74, 6) is 1.53. The van der Waals surface area contributed by atoms with Gasteiger partial charge >= 0.3 is 0 Å². The van der Waals surface area contributed by atoms with Gasteiger partial charge in [0.2, 0.25) is 0 Å². The van der Waals surface area contributed by atoms with Crippen molar-refractivity contribution in [3.8, 4) is 0 Å². The molecule has 0 spiro atoms. The zero-order valence-electron chi connectivity index (χ0n) is 9.01. The second-order valence-electron chi connectivity index (χ2n) is 3.99. The lowest BCUT2D eigenvalue weighted by atomic mass is 10.1. The van der Waals surface area contributed by atoms with E-state index in [1.165, 1.54) is 0 Å². The first-order valence-electron chi connectivity index (χ1n) is 5.33. The van der Waals surface area contributed by atoms with E-state index in [1.807, 2.05) is 12.1 Å². The van der Waals surface area contributed by atoms with Gasteiger partial charge < -0.3 is 5.32 Å². The van der Waals surface area contributed by atoms with Gasteiger partial charge in [-0.2, -0.15) is 0 Å². The number of benzene rings is 1. The number of hydrogen-bond acceptors (Lipinski definition) is 2. The number of nitrogens with one attached hydrogen (secondary N) is 1. The van der Waals surface area contributed by atoms with Crippen LogP contribution < -0.4 is 5.32 Å². The Morgan fingerprint density at radius 3 is 2.53 bits per heavy atom. The molecule has 0 bridgehead atoms. The molecule has 1 aromatic carbocycles. The SMILES string of the molecule is O=S1CCC(Nc2ccc(Br)c(Cl)c2Cl)CC1. The van der Waals surface area contributed by atoms with Crippen molar-refractivity contribution in [1.82, 2.24) is 0 Å². The minimum Gasteiger partial charge on any atom is -0.381 e. The summed E-state index contributed by atoms with van der Waals surface area (Å²) < 4.78 is 12.0. The molecule has 2 rings (SSSR count). The van der Waals surface area contributed by atoms with Gasteiger partial charge in [0, 0.05) is 32.8 Å². The number of anilines is 1. The Bertz CT molecular complexity index is 445. The summed E-state index contributed by atoms with van der Waals surface area (Å²) in [7, 11) is -0.639. The Balaban J connectivity index is 2.09. The molecule has 0 aromatic heterocycles. The molecule has 0 atom stereocenters. The number of halogens is 3. The average molecular weight is 357 g/mol. The van der Waals surface area contributed by atoms with Crippen LogP contribution in [0, 0.1) is 0 Å². The standard InChI is InChI=1S/C11H12BrCl2NOS/c12-8-1-2-9(11(14)10(8)13)15-7-3-5-17(16)6-4-7/h1-2,7,15H,3-6H2. The van der Waals surface area contributed by atoms with Crippen molar-refractivity contribution in [3.63, 3.8) is 0 Å². The lowest BCUT2D eigenvalue weighted by Gasteiger charge is -2.24. The van der Waals surface area contributed by atoms with E-state index >= 15 is 0 Å². The quantitative estimate of drug-likeness (QED) is 0.809. The molecule has 0 amide bonds. The molecule has 0 saturated carbocycles. The van der Waals surface area contributed by atoms with Crippen LogP contribution in [0.1, 0.15) is 12.8 Å². The summed E-state index contributed by atoms with van der Waals surface area (Å²) in [5, 5.41) is 4.43. The highest BCUT2D eigenvalue weighted by Gasteiger charge is 2.19. The van der Waals surface area contributed by atoms with Gasteiger partial charge in [-0.25, -0.2) is 0 Å². The molecule has 0 radical (unpaired) electrons. The molecule has 17 heavy (non-hydrogen) atoms. The second-order valence-corrected chi connectivity index (χ2v) is 7.30. The zero-order chi connectivity index (χ0) is 12.4. The summed E-state index contributed by atoms with van der Waals surface area (Å²) in [6.07, 6.45) is 1.83. The van der Waals surface area contributed by atoms with Crippen LogP contribution in [0.15, 0.2) is 16.6 Å². The van der Waals surface area contributed by atoms with E-state index in [0.29, 0.717) is 16.1 Å². The first-order valence-corrected chi connectivity index (χ1v) is 8.36. The van der Waals surface area contributed by atoms with Crippen LogP contribution in [0.2, 0.25) is 10.0 Å². The summed E-state index contributed by atoms with van der Waals surface area (Å²) in [4.78, 5) is 0. The lowest BCUT2D eigenvalue weighted by molar-refractivity contribution is 0.624. The van der Waals surface area contributed by atoms with E-state index in [4.69, 9.17) is 23.2 Å². The molecule has 0 aliphatic carbocycles. The Morgan fingerprint density at radius 1 is 1.24 bits per heavy atom. The van der Waals surface area contributed by atoms with Crippen LogP contribution in [-0.2, 0) is 10.8 Å². The lowest BCUT2D eigenvalue weighted by Crippen LogP contribution is -2.29. The number of rotatable bonds is 2. The monoisotopic (exact) mass is 355 g/mol. The highest BCUT2D eigenvalue weighted by atomic mass is 79.9. The molecular weight excluding hydrogens is 345 g/mol. The topological polar surface area (TPSA) is 29.1 Å². The van der Waals surface area contributed by atoms with Crippen molar-refractivity contribution < 1.29 is 4.21 Å². The predicted octanol–water partition coefficient (Wildman–Crippen LogP) is 4.08. The van der Waals surface area contributed by atoms with Crippen molar-refractivity contribution in [3.05, 3.63) is 26.7 Å². The maximum atomic E-state index is 11.3. The molecule has 1 saturated heterocycles. The van der Waals surface area contributed by atoms with Gasteiger partial charge in [-0.3, -0.25) is 4.21 Å². The molecule has 94 valence electrons. The maximum absolute atomic E-state index is 11.3. The van der Waals surface area contributed by atoms with Crippen LogP contribution >= 0.6 is 39.1 Å². The van der Waals surface area contributed by atoms with E-state index < -0.39 is 10.8 Å². The smallest absolute Gasteiger partial charge is 0.0835 e. The minimum atomic E-state index is -0.639. The first kappa shape index (κ1) is 13.7. The number of hydrogen-bond donors (Lipinski definition) is 1. The van der Waals surface area contributed by atoms with Gasteiger partial charge in [0.15, 0.2) is 0 Å². The molecule has 1 aliphatic rings. The van der Waals surface area contributed by atoms with Crippen molar-refractivity contribution in [2.24, 2.45) is 0 Å². The Morgan fingerprint density at radius 2 is 1.88 bits per heavy atom. The van der Waals surface area contributed by atoms with Crippen molar-refractivity contribution in [2.75, 3.05) is 16.8 Å². The van der Waals surface area contributed by atoms with Gasteiger partial charge in [-0.1, -0.05) is 23.2 Å². The highest BCUT2D eigenvalue weighted by molar-refractivity contribution is 9.10. The molecule has 1 aliphatic heterocycles. The molecule has 1 aromatic rings. The van der Waals surface area contributed by atoms with Crippen LogP contribution in [0.25, 0.3) is 0 Å². The van der Waals surface area contributed by atoms with Crippen LogP contribution in [0.4, 0.5) is 5.69 Å². The zero-order valence-corrected chi connectivity index (χ0v) is 12.9. The fraction of sp³-hybridized carbons (Fsp3) is 0.455. The summed E-state index contributed by atoms with van der Waals surface area (Å²) in [6.45, 7) is 0. The third-order valence-electron chi connectivity index (χ3n) is 2.78. The van der Waals surface area contributed by atoms with Gasteiger partial charge in [0.25, 0.3) is 0 Å². The molecule has 1 fully saturated rings. The summed E-state index contributed by atoms with van der Waals surface area (Å²) >= 11 is 15.5. The maximum Gasteiger partial charge on any atom is 0.0835 e. The van der Waals surface area contributed by atoms with Gasteiger partial charge in [0.1, 0.15) is 0 Å². The fourth-order valence-electron chi connectivity index (χ4n) is 1.80. The third-order valence-corrected chi connectivity index (χ3v) is 5.94. The van der Waals surface area contributed by atoms with Crippen molar-refractivity contribution in [1.29, 1.82) is 0 Å². The van der Waals surface area contributed by atoms with E-state index in [0.717, 1.165) is 34.5 Å². The van der Waals surface area contributed by atoms with E-state index in [-0.39, 0.29) is 0 Å². The molecule has 2 nitrogen and oxygen atoms in total. The van der Waals surface area contributed by atoms with Crippen molar-refractivity contribution >= 4 is 55.6 Å². The average Bonchev–Trinajstić information content (AvgIpc) is 2.33. The Kier molecular flexibility index (Phi) is 4.75. The Labute approximate surface area is 122 Å². The normalized spacial score (nSPS) is 24.6. The highest BCUT2D eigenvalue weighted by Crippen LogP contribution is 2.36. The Hall–Kier alpha value is 0.230. The summed E-state index contributed by atoms with van der Waals surface area (Å²) in [5.41, 5.74) is 0.845. The summed E-state index contributed by atoms with van der Waals surface area (Å²) in [6, 6.07) is 4.11. The second kappa shape index (κ2) is 5.91. The molecule has 6 heteroatoms. The molecular formula is C11H12BrCl2NOS. The van der Waals surface area contributed by atoms with E-state index in [9.17, 15) is 4.21 Å². The first-order chi connectivity index (χ1) is 8.08. The van der Waals surface area contributed by atoms with Crippen LogP contribution in [-0.4, -0.2) is 21.8 Å². The molecule has 0 unspecified atom stereocenters. The van der Waals surface area contributed by atoms with Crippen LogP contribution in [0.3, 0.4) is 0 Å². The minimum absolute atomic E-state index is 0.336. The van der Waals surface area contributed by atoms with E-state index in [2.05, 4.69) is 21.2 Å². The van der Waals surface area contributed by atoms with Gasteiger partial charge in [-0.05, 0) is 40.9 Å². The van der Waals surface area contributed by atoms with Crippen LogP contribution in [0.5, 0.6) is 0 Å².